The van der Waals surface area contributed by atoms with Crippen LogP contribution in [0, 0.1) is 5.41 Å². The van der Waals surface area contributed by atoms with Gasteiger partial charge in [0, 0.05) is 6.54 Å². The molecule has 0 atom stereocenters. The summed E-state index contributed by atoms with van der Waals surface area (Å²) >= 11 is 0. The van der Waals surface area contributed by atoms with Crippen LogP contribution in [0.4, 0.5) is 13.2 Å². The fraction of sp³-hybridized carbons (Fsp3) is 0.909. The van der Waals surface area contributed by atoms with Gasteiger partial charge in [-0.15, -0.1) is 0 Å². The van der Waals surface area contributed by atoms with Crippen LogP contribution in [0.25, 0.3) is 0 Å². The summed E-state index contributed by atoms with van der Waals surface area (Å²) in [6.45, 7) is 1.53. The third kappa shape index (κ3) is 5.91. The number of carbonyl (C=O) groups excluding carboxylic acids is 1. The van der Waals surface area contributed by atoms with Crippen LogP contribution in [0.1, 0.15) is 32.6 Å². The van der Waals surface area contributed by atoms with E-state index in [0.717, 1.165) is 32.2 Å². The van der Waals surface area contributed by atoms with Gasteiger partial charge in [-0.2, -0.15) is 13.2 Å². The van der Waals surface area contributed by atoms with Crippen molar-refractivity contribution in [2.45, 2.75) is 38.8 Å². The number of amides is 1. The Bertz CT molecular complexity index is 262. The smallest absolute Gasteiger partial charge is 0.346 e. The van der Waals surface area contributed by atoms with Crippen molar-refractivity contribution in [2.24, 2.45) is 5.41 Å². The minimum Gasteiger partial charge on any atom is -0.346 e. The average molecular weight is 252 g/mol. The number of halogens is 3. The summed E-state index contributed by atoms with van der Waals surface area (Å²) in [5.74, 6) is -0.602. The van der Waals surface area contributed by atoms with Crippen molar-refractivity contribution in [3.05, 3.63) is 0 Å². The highest BCUT2D eigenvalue weighted by molar-refractivity contribution is 5.78. The van der Waals surface area contributed by atoms with Crippen LogP contribution in [-0.4, -0.2) is 31.7 Å². The summed E-state index contributed by atoms with van der Waals surface area (Å²) in [7, 11) is 0. The van der Waals surface area contributed by atoms with E-state index in [0.29, 0.717) is 5.41 Å². The van der Waals surface area contributed by atoms with Gasteiger partial charge < -0.3 is 10.6 Å². The molecule has 0 saturated heterocycles. The molecule has 1 rings (SSSR count). The van der Waals surface area contributed by atoms with Crippen molar-refractivity contribution in [3.63, 3.8) is 0 Å². The zero-order valence-electron chi connectivity index (χ0n) is 9.99. The number of alkyl halides is 3. The highest BCUT2D eigenvalue weighted by Crippen LogP contribution is 2.48. The molecule has 6 heteroatoms. The van der Waals surface area contributed by atoms with E-state index in [1.807, 2.05) is 5.32 Å². The topological polar surface area (TPSA) is 41.1 Å². The monoisotopic (exact) mass is 252 g/mol. The van der Waals surface area contributed by atoms with E-state index in [4.69, 9.17) is 0 Å². The highest BCUT2D eigenvalue weighted by atomic mass is 19.4. The van der Waals surface area contributed by atoms with E-state index in [2.05, 4.69) is 12.2 Å². The number of nitrogens with one attached hydrogen (secondary N) is 2. The Labute approximate surface area is 99.1 Å². The first kappa shape index (κ1) is 14.3. The third-order valence-corrected chi connectivity index (χ3v) is 3.01. The summed E-state index contributed by atoms with van der Waals surface area (Å²) in [5, 5.41) is 4.76. The summed E-state index contributed by atoms with van der Waals surface area (Å²) < 4.78 is 35.4. The van der Waals surface area contributed by atoms with Crippen molar-refractivity contribution >= 4 is 5.91 Å². The first-order valence-corrected chi connectivity index (χ1v) is 5.91. The van der Waals surface area contributed by atoms with Gasteiger partial charge in [-0.05, 0) is 24.7 Å². The van der Waals surface area contributed by atoms with Crippen LogP contribution < -0.4 is 10.6 Å². The summed E-state index contributed by atoms with van der Waals surface area (Å²) in [5.41, 5.74) is 0.305. The van der Waals surface area contributed by atoms with Gasteiger partial charge in [0.15, 0.2) is 0 Å². The Morgan fingerprint density at radius 3 is 2.47 bits per heavy atom. The van der Waals surface area contributed by atoms with Crippen LogP contribution in [0.2, 0.25) is 0 Å². The number of hydrogen-bond acceptors (Lipinski definition) is 2. The Morgan fingerprint density at radius 1 is 1.35 bits per heavy atom. The van der Waals surface area contributed by atoms with Crippen molar-refractivity contribution in [1.29, 1.82) is 0 Å². The lowest BCUT2D eigenvalue weighted by molar-refractivity contribution is -0.137. The van der Waals surface area contributed by atoms with Gasteiger partial charge in [0.2, 0.25) is 5.91 Å². The maximum Gasteiger partial charge on any atom is 0.405 e. The SMILES string of the molecule is CCCC1(CNCC(=O)NCC(F)(F)F)CC1. The molecule has 1 fully saturated rings. The normalized spacial score (nSPS) is 17.9. The summed E-state index contributed by atoms with van der Waals surface area (Å²) in [4.78, 5) is 11.1. The second-order valence-electron chi connectivity index (χ2n) is 4.75. The standard InChI is InChI=1S/C11H19F3N2O/c1-2-3-10(4-5-10)7-15-6-9(17)16-8-11(12,13)14/h15H,2-8H2,1H3,(H,16,17). The zero-order chi connectivity index (χ0) is 12.9. The minimum absolute atomic E-state index is 0.0401. The molecule has 1 saturated carbocycles. The highest BCUT2D eigenvalue weighted by Gasteiger charge is 2.40. The molecule has 0 spiro atoms. The molecule has 1 amide bonds. The summed E-state index contributed by atoms with van der Waals surface area (Å²) in [6, 6.07) is 0. The summed E-state index contributed by atoms with van der Waals surface area (Å²) in [6.07, 6.45) is 0.178. The van der Waals surface area contributed by atoms with Gasteiger partial charge in [-0.1, -0.05) is 13.3 Å². The predicted octanol–water partition coefficient (Wildman–Crippen LogP) is 1.83. The molecule has 0 aromatic rings. The van der Waals surface area contributed by atoms with E-state index in [1.165, 1.54) is 0 Å². The van der Waals surface area contributed by atoms with Gasteiger partial charge >= 0.3 is 6.18 Å². The van der Waals surface area contributed by atoms with Crippen molar-refractivity contribution in [2.75, 3.05) is 19.6 Å². The molecule has 1 aliphatic carbocycles. The van der Waals surface area contributed by atoms with Crippen LogP contribution in [-0.2, 0) is 4.79 Å². The molecule has 0 unspecified atom stereocenters. The molecule has 0 aromatic heterocycles. The molecule has 17 heavy (non-hydrogen) atoms. The van der Waals surface area contributed by atoms with Gasteiger partial charge in [-0.3, -0.25) is 4.79 Å². The van der Waals surface area contributed by atoms with Crippen LogP contribution in [0.15, 0.2) is 0 Å². The lowest BCUT2D eigenvalue weighted by Gasteiger charge is -2.15. The van der Waals surface area contributed by atoms with Gasteiger partial charge in [-0.25, -0.2) is 0 Å². The van der Waals surface area contributed by atoms with Crippen molar-refractivity contribution < 1.29 is 18.0 Å². The molecule has 0 aromatic carbocycles. The van der Waals surface area contributed by atoms with E-state index in [1.54, 1.807) is 0 Å². The molecule has 0 heterocycles. The maximum atomic E-state index is 11.8. The van der Waals surface area contributed by atoms with Gasteiger partial charge in [0.1, 0.15) is 6.54 Å². The predicted molar refractivity (Wildman–Crippen MR) is 58.5 cm³/mol. The molecular formula is C11H19F3N2O. The molecule has 100 valence electrons. The van der Waals surface area contributed by atoms with Crippen LogP contribution >= 0.6 is 0 Å². The number of hydrogen-bond donors (Lipinski definition) is 2. The Balaban J connectivity index is 2.08. The van der Waals surface area contributed by atoms with Crippen molar-refractivity contribution in [1.82, 2.24) is 10.6 Å². The Hall–Kier alpha value is -0.780. The molecule has 0 bridgehead atoms. The van der Waals surface area contributed by atoms with Crippen LogP contribution in [0.3, 0.4) is 0 Å². The second-order valence-corrected chi connectivity index (χ2v) is 4.75. The van der Waals surface area contributed by atoms with E-state index < -0.39 is 18.6 Å². The molecular weight excluding hydrogens is 233 g/mol. The number of carbonyl (C=O) groups is 1. The molecule has 1 aliphatic rings. The van der Waals surface area contributed by atoms with E-state index >= 15 is 0 Å². The second kappa shape index (κ2) is 5.71. The first-order valence-electron chi connectivity index (χ1n) is 5.91. The molecule has 0 aliphatic heterocycles. The Kier molecular flexibility index (Phi) is 4.80. The largest absolute Gasteiger partial charge is 0.405 e. The van der Waals surface area contributed by atoms with E-state index in [-0.39, 0.29) is 6.54 Å². The molecule has 2 N–H and O–H groups in total. The lowest BCUT2D eigenvalue weighted by atomic mass is 10.0. The fourth-order valence-electron chi connectivity index (χ4n) is 1.92. The van der Waals surface area contributed by atoms with Gasteiger partial charge in [0.25, 0.3) is 0 Å². The lowest BCUT2D eigenvalue weighted by Crippen LogP contribution is -2.40. The average Bonchev–Trinajstić information content (AvgIpc) is 2.95. The molecule has 3 nitrogen and oxygen atoms in total. The Morgan fingerprint density at radius 2 is 2.00 bits per heavy atom. The number of rotatable bonds is 7. The van der Waals surface area contributed by atoms with Crippen LogP contribution in [0.5, 0.6) is 0 Å². The zero-order valence-corrected chi connectivity index (χ0v) is 9.99. The van der Waals surface area contributed by atoms with Crippen molar-refractivity contribution in [3.8, 4) is 0 Å². The quantitative estimate of drug-likeness (QED) is 0.726. The minimum atomic E-state index is -4.34. The maximum absolute atomic E-state index is 11.8. The third-order valence-electron chi connectivity index (χ3n) is 3.01. The van der Waals surface area contributed by atoms with E-state index in [9.17, 15) is 18.0 Å². The first-order chi connectivity index (χ1) is 7.87. The fourth-order valence-corrected chi connectivity index (χ4v) is 1.92. The molecule has 0 radical (unpaired) electrons. The van der Waals surface area contributed by atoms with Gasteiger partial charge in [0.05, 0.1) is 6.54 Å².